The number of fused-ring (bicyclic) bond motifs is 1. The van der Waals surface area contributed by atoms with Crippen LogP contribution in [-0.4, -0.2) is 9.97 Å². The van der Waals surface area contributed by atoms with Gasteiger partial charge in [0.25, 0.3) is 0 Å². The SMILES string of the molecule is Cc1ccc(Oc2cnc3cc(Cl)c(Cl)cc3n2)c[n+]1[O-]. The van der Waals surface area contributed by atoms with Gasteiger partial charge in [0.05, 0.1) is 27.3 Å². The molecular formula is C14H9Cl2N3O2. The van der Waals surface area contributed by atoms with Gasteiger partial charge in [-0.2, -0.15) is 4.73 Å². The Morgan fingerprint density at radius 3 is 2.57 bits per heavy atom. The molecule has 0 unspecified atom stereocenters. The summed E-state index contributed by atoms with van der Waals surface area (Å²) in [4.78, 5) is 8.49. The van der Waals surface area contributed by atoms with E-state index in [1.165, 1.54) is 12.4 Å². The first kappa shape index (κ1) is 13.9. The smallest absolute Gasteiger partial charge is 0.238 e. The van der Waals surface area contributed by atoms with E-state index in [0.717, 1.165) is 4.73 Å². The van der Waals surface area contributed by atoms with Gasteiger partial charge >= 0.3 is 0 Å². The van der Waals surface area contributed by atoms with E-state index in [1.54, 1.807) is 31.2 Å². The first-order chi connectivity index (χ1) is 10.0. The maximum atomic E-state index is 11.5. The van der Waals surface area contributed by atoms with Crippen LogP contribution in [0.4, 0.5) is 0 Å². The van der Waals surface area contributed by atoms with E-state index in [2.05, 4.69) is 9.97 Å². The van der Waals surface area contributed by atoms with Crippen LogP contribution in [0.5, 0.6) is 11.6 Å². The Balaban J connectivity index is 1.97. The van der Waals surface area contributed by atoms with E-state index in [1.807, 2.05) is 0 Å². The minimum atomic E-state index is 0.268. The summed E-state index contributed by atoms with van der Waals surface area (Å²) < 4.78 is 6.24. The Hall–Kier alpha value is -2.11. The Kier molecular flexibility index (Phi) is 3.53. The number of pyridine rings is 1. The standard InChI is InChI=1S/C14H9Cl2N3O2/c1-8-2-3-9(7-19(8)20)21-14-6-17-12-4-10(15)11(16)5-13(12)18-14/h2-7H,1H3. The van der Waals surface area contributed by atoms with Crippen molar-refractivity contribution in [2.45, 2.75) is 6.92 Å². The number of aryl methyl sites for hydroxylation is 1. The molecule has 0 saturated heterocycles. The van der Waals surface area contributed by atoms with Crippen LogP contribution in [0.2, 0.25) is 10.0 Å². The number of benzene rings is 1. The second-order valence-corrected chi connectivity index (χ2v) is 5.21. The molecule has 2 heterocycles. The third-order valence-electron chi connectivity index (χ3n) is 2.87. The Morgan fingerprint density at radius 1 is 1.14 bits per heavy atom. The maximum Gasteiger partial charge on any atom is 0.238 e. The average Bonchev–Trinajstić information content (AvgIpc) is 2.44. The zero-order valence-corrected chi connectivity index (χ0v) is 12.4. The van der Waals surface area contributed by atoms with Crippen LogP contribution >= 0.6 is 23.2 Å². The largest absolute Gasteiger partial charge is 0.618 e. The number of ether oxygens (including phenoxy) is 1. The molecule has 0 fully saturated rings. The van der Waals surface area contributed by atoms with Crippen molar-refractivity contribution in [3.8, 4) is 11.6 Å². The fraction of sp³-hybridized carbons (Fsp3) is 0.0714. The van der Waals surface area contributed by atoms with E-state index in [-0.39, 0.29) is 5.88 Å². The first-order valence-corrected chi connectivity index (χ1v) is 6.78. The number of halogens is 2. The third-order valence-corrected chi connectivity index (χ3v) is 3.59. The monoisotopic (exact) mass is 321 g/mol. The van der Waals surface area contributed by atoms with E-state index < -0.39 is 0 Å². The molecule has 106 valence electrons. The van der Waals surface area contributed by atoms with Crippen LogP contribution in [-0.2, 0) is 0 Å². The molecule has 0 aliphatic heterocycles. The van der Waals surface area contributed by atoms with Crippen molar-refractivity contribution in [1.29, 1.82) is 0 Å². The van der Waals surface area contributed by atoms with E-state index in [9.17, 15) is 5.21 Å². The van der Waals surface area contributed by atoms with Crippen molar-refractivity contribution in [1.82, 2.24) is 9.97 Å². The van der Waals surface area contributed by atoms with Gasteiger partial charge in [-0.05, 0) is 18.2 Å². The van der Waals surface area contributed by atoms with E-state index >= 15 is 0 Å². The highest BCUT2D eigenvalue weighted by atomic mass is 35.5. The van der Waals surface area contributed by atoms with Gasteiger partial charge in [-0.1, -0.05) is 23.2 Å². The van der Waals surface area contributed by atoms with Crippen LogP contribution < -0.4 is 9.47 Å². The molecule has 1 aromatic carbocycles. The highest BCUT2D eigenvalue weighted by molar-refractivity contribution is 6.42. The first-order valence-electron chi connectivity index (χ1n) is 6.02. The molecule has 0 bridgehead atoms. The Bertz CT molecular complexity index is 840. The number of hydrogen-bond acceptors (Lipinski definition) is 4. The predicted molar refractivity (Wildman–Crippen MR) is 79.8 cm³/mol. The summed E-state index contributed by atoms with van der Waals surface area (Å²) in [7, 11) is 0. The minimum absolute atomic E-state index is 0.268. The van der Waals surface area contributed by atoms with Gasteiger partial charge in [-0.25, -0.2) is 9.97 Å². The van der Waals surface area contributed by atoms with Crippen molar-refractivity contribution < 1.29 is 9.47 Å². The van der Waals surface area contributed by atoms with Crippen LogP contribution in [0.25, 0.3) is 11.0 Å². The van der Waals surface area contributed by atoms with Gasteiger partial charge in [0.2, 0.25) is 12.1 Å². The third kappa shape index (κ3) is 2.84. The zero-order chi connectivity index (χ0) is 15.0. The van der Waals surface area contributed by atoms with Crippen LogP contribution in [0.3, 0.4) is 0 Å². The van der Waals surface area contributed by atoms with Crippen molar-refractivity contribution in [2.24, 2.45) is 0 Å². The molecular weight excluding hydrogens is 313 g/mol. The summed E-state index contributed by atoms with van der Waals surface area (Å²) in [6.45, 7) is 1.71. The lowest BCUT2D eigenvalue weighted by Crippen LogP contribution is -2.28. The lowest BCUT2D eigenvalue weighted by atomic mass is 10.3. The molecule has 0 spiro atoms. The summed E-state index contributed by atoms with van der Waals surface area (Å²) >= 11 is 11.9. The van der Waals surface area contributed by atoms with Gasteiger partial charge in [-0.3, -0.25) is 0 Å². The number of rotatable bonds is 2. The maximum absolute atomic E-state index is 11.5. The lowest BCUT2D eigenvalue weighted by molar-refractivity contribution is -0.612. The predicted octanol–water partition coefficient (Wildman–Crippen LogP) is 3.67. The number of hydrogen-bond donors (Lipinski definition) is 0. The summed E-state index contributed by atoms with van der Waals surface area (Å²) in [5.74, 6) is 0.647. The van der Waals surface area contributed by atoms with Crippen molar-refractivity contribution >= 4 is 34.2 Å². The molecule has 0 atom stereocenters. The molecule has 0 aliphatic rings. The van der Waals surface area contributed by atoms with Crippen LogP contribution in [0, 0.1) is 12.1 Å². The molecule has 0 aliphatic carbocycles. The van der Waals surface area contributed by atoms with Crippen molar-refractivity contribution in [3.05, 3.63) is 57.6 Å². The second-order valence-electron chi connectivity index (χ2n) is 4.40. The number of aromatic nitrogens is 3. The quantitative estimate of drug-likeness (QED) is 0.533. The summed E-state index contributed by atoms with van der Waals surface area (Å²) in [5.41, 5.74) is 1.75. The Labute approximate surface area is 130 Å². The van der Waals surface area contributed by atoms with Crippen LogP contribution in [0.15, 0.2) is 36.7 Å². The fourth-order valence-electron chi connectivity index (χ4n) is 1.76. The molecule has 2 aromatic heterocycles. The van der Waals surface area contributed by atoms with E-state index in [4.69, 9.17) is 27.9 Å². The molecule has 0 amide bonds. The normalized spacial score (nSPS) is 10.8. The van der Waals surface area contributed by atoms with E-state index in [0.29, 0.717) is 32.5 Å². The summed E-state index contributed by atoms with van der Waals surface area (Å²) in [5, 5.41) is 12.3. The van der Waals surface area contributed by atoms with Gasteiger partial charge in [-0.15, -0.1) is 0 Å². The topological polar surface area (TPSA) is 62.0 Å². The van der Waals surface area contributed by atoms with Crippen molar-refractivity contribution in [3.63, 3.8) is 0 Å². The highest BCUT2D eigenvalue weighted by Gasteiger charge is 2.08. The molecule has 0 radical (unpaired) electrons. The lowest BCUT2D eigenvalue weighted by Gasteiger charge is -2.06. The zero-order valence-electron chi connectivity index (χ0n) is 10.9. The van der Waals surface area contributed by atoms with Gasteiger partial charge in [0, 0.05) is 13.0 Å². The molecule has 21 heavy (non-hydrogen) atoms. The van der Waals surface area contributed by atoms with Crippen LogP contribution in [0.1, 0.15) is 5.69 Å². The van der Waals surface area contributed by atoms with Gasteiger partial charge in [0.15, 0.2) is 11.4 Å². The van der Waals surface area contributed by atoms with Crippen molar-refractivity contribution in [2.75, 3.05) is 0 Å². The number of nitrogens with zero attached hydrogens (tertiary/aromatic N) is 3. The molecule has 7 heteroatoms. The second kappa shape index (κ2) is 5.35. The Morgan fingerprint density at radius 2 is 1.86 bits per heavy atom. The average molecular weight is 322 g/mol. The van der Waals surface area contributed by atoms with Gasteiger partial charge in [0.1, 0.15) is 0 Å². The molecule has 3 rings (SSSR count). The molecule has 3 aromatic rings. The highest BCUT2D eigenvalue weighted by Crippen LogP contribution is 2.27. The molecule has 5 nitrogen and oxygen atoms in total. The molecule has 0 saturated carbocycles. The summed E-state index contributed by atoms with van der Waals surface area (Å²) in [6.07, 6.45) is 2.79. The van der Waals surface area contributed by atoms with Gasteiger partial charge < -0.3 is 9.94 Å². The minimum Gasteiger partial charge on any atom is -0.618 e. The fourth-order valence-corrected chi connectivity index (χ4v) is 2.07. The summed E-state index contributed by atoms with van der Waals surface area (Å²) in [6, 6.07) is 6.59. The molecule has 0 N–H and O–H groups in total.